The monoisotopic (exact) mass is 283 g/mol. The van der Waals surface area contributed by atoms with Gasteiger partial charge in [-0.2, -0.15) is 0 Å². The predicted molar refractivity (Wildman–Crippen MR) is 85.0 cm³/mol. The lowest BCUT2D eigenvalue weighted by Gasteiger charge is -2.14. The number of hydrogen-bond donors (Lipinski definition) is 1. The first-order chi connectivity index (χ1) is 10.3. The highest BCUT2D eigenvalue weighted by Crippen LogP contribution is 2.25. The van der Waals surface area contributed by atoms with Gasteiger partial charge in [-0.15, -0.1) is 0 Å². The van der Waals surface area contributed by atoms with E-state index >= 15 is 0 Å². The second kappa shape index (κ2) is 6.64. The third-order valence-electron chi connectivity index (χ3n) is 3.67. The van der Waals surface area contributed by atoms with E-state index in [0.29, 0.717) is 12.2 Å². The van der Waals surface area contributed by atoms with Gasteiger partial charge in [-0.1, -0.05) is 24.3 Å². The number of benzene rings is 2. The first kappa shape index (κ1) is 14.0. The Kier molecular flexibility index (Phi) is 4.41. The van der Waals surface area contributed by atoms with E-state index in [-0.39, 0.29) is 0 Å². The molecule has 0 amide bonds. The van der Waals surface area contributed by atoms with E-state index in [1.54, 1.807) is 0 Å². The van der Waals surface area contributed by atoms with Crippen molar-refractivity contribution < 1.29 is 9.47 Å². The fourth-order valence-corrected chi connectivity index (χ4v) is 2.56. The first-order valence-corrected chi connectivity index (χ1v) is 7.52. The molecule has 110 valence electrons. The molecular formula is C18H21NO2. The van der Waals surface area contributed by atoms with E-state index in [2.05, 4.69) is 18.3 Å². The number of para-hydroxylation sites is 1. The van der Waals surface area contributed by atoms with Gasteiger partial charge in [0.15, 0.2) is 0 Å². The predicted octanol–water partition coefficient (Wildman–Crippen LogP) is 4.46. The molecule has 1 aliphatic rings. The smallest absolute Gasteiger partial charge is 0.129 e. The molecule has 0 aliphatic carbocycles. The average Bonchev–Trinajstić information content (AvgIpc) is 2.92. The topological polar surface area (TPSA) is 30.5 Å². The quantitative estimate of drug-likeness (QED) is 0.879. The number of ether oxygens (including phenoxy) is 2. The van der Waals surface area contributed by atoms with E-state index in [9.17, 15) is 0 Å². The lowest BCUT2D eigenvalue weighted by atomic mass is 10.2. The summed E-state index contributed by atoms with van der Waals surface area (Å²) in [5.74, 6) is 1.69. The van der Waals surface area contributed by atoms with Crippen LogP contribution in [0.4, 0.5) is 5.69 Å². The van der Waals surface area contributed by atoms with Crippen molar-refractivity contribution >= 4 is 5.69 Å². The summed E-state index contributed by atoms with van der Waals surface area (Å²) in [6.07, 6.45) is 3.00. The maximum Gasteiger partial charge on any atom is 0.129 e. The zero-order valence-corrected chi connectivity index (χ0v) is 12.3. The van der Waals surface area contributed by atoms with Gasteiger partial charge in [0, 0.05) is 18.3 Å². The van der Waals surface area contributed by atoms with Crippen LogP contribution in [0.25, 0.3) is 0 Å². The minimum absolute atomic E-state index is 0.318. The van der Waals surface area contributed by atoms with Gasteiger partial charge < -0.3 is 14.8 Å². The van der Waals surface area contributed by atoms with E-state index < -0.39 is 0 Å². The Morgan fingerprint density at radius 2 is 1.86 bits per heavy atom. The maximum absolute atomic E-state index is 5.84. The molecule has 3 rings (SSSR count). The minimum atomic E-state index is 0.318. The molecule has 1 saturated heterocycles. The summed E-state index contributed by atoms with van der Waals surface area (Å²) in [5.41, 5.74) is 1.06. The SMILES string of the molecule is CC1CCC(CNc2cccc(Oc3ccccc3)c2)O1. The summed E-state index contributed by atoms with van der Waals surface area (Å²) >= 11 is 0. The molecule has 0 radical (unpaired) electrons. The Labute approximate surface area is 125 Å². The van der Waals surface area contributed by atoms with Crippen molar-refractivity contribution in [1.29, 1.82) is 0 Å². The Morgan fingerprint density at radius 1 is 1.05 bits per heavy atom. The zero-order chi connectivity index (χ0) is 14.5. The van der Waals surface area contributed by atoms with Crippen LogP contribution in [0.15, 0.2) is 54.6 Å². The van der Waals surface area contributed by atoms with Crippen molar-refractivity contribution in [2.24, 2.45) is 0 Å². The largest absolute Gasteiger partial charge is 0.457 e. The number of anilines is 1. The van der Waals surface area contributed by atoms with Gasteiger partial charge in [0.2, 0.25) is 0 Å². The molecule has 3 nitrogen and oxygen atoms in total. The van der Waals surface area contributed by atoms with Gasteiger partial charge in [0.25, 0.3) is 0 Å². The molecular weight excluding hydrogens is 262 g/mol. The molecule has 0 aromatic heterocycles. The third-order valence-corrected chi connectivity index (χ3v) is 3.67. The Hall–Kier alpha value is -2.00. The molecule has 2 atom stereocenters. The van der Waals surface area contributed by atoms with Crippen LogP contribution in [0.3, 0.4) is 0 Å². The highest BCUT2D eigenvalue weighted by Gasteiger charge is 2.21. The first-order valence-electron chi connectivity index (χ1n) is 7.52. The molecule has 3 heteroatoms. The molecule has 2 aromatic rings. The van der Waals surface area contributed by atoms with E-state index in [0.717, 1.165) is 36.6 Å². The van der Waals surface area contributed by atoms with Crippen molar-refractivity contribution in [3.63, 3.8) is 0 Å². The van der Waals surface area contributed by atoms with Crippen LogP contribution >= 0.6 is 0 Å². The van der Waals surface area contributed by atoms with Crippen LogP contribution < -0.4 is 10.1 Å². The average molecular weight is 283 g/mol. The van der Waals surface area contributed by atoms with Gasteiger partial charge >= 0.3 is 0 Å². The summed E-state index contributed by atoms with van der Waals surface area (Å²) in [6, 6.07) is 17.9. The third kappa shape index (κ3) is 3.99. The van der Waals surface area contributed by atoms with Crippen molar-refractivity contribution in [2.75, 3.05) is 11.9 Å². The summed E-state index contributed by atoms with van der Waals surface area (Å²) in [5, 5.41) is 3.43. The lowest BCUT2D eigenvalue weighted by molar-refractivity contribution is 0.0637. The molecule has 1 N–H and O–H groups in total. The summed E-state index contributed by atoms with van der Waals surface area (Å²) in [6.45, 7) is 2.98. The normalized spacial score (nSPS) is 21.2. The molecule has 0 bridgehead atoms. The molecule has 1 aliphatic heterocycles. The molecule has 2 aromatic carbocycles. The van der Waals surface area contributed by atoms with Crippen LogP contribution in [0.1, 0.15) is 19.8 Å². The summed E-state index contributed by atoms with van der Waals surface area (Å²) in [4.78, 5) is 0. The molecule has 0 saturated carbocycles. The number of hydrogen-bond acceptors (Lipinski definition) is 3. The zero-order valence-electron chi connectivity index (χ0n) is 12.3. The van der Waals surface area contributed by atoms with E-state index in [4.69, 9.17) is 9.47 Å². The van der Waals surface area contributed by atoms with E-state index in [1.165, 1.54) is 0 Å². The van der Waals surface area contributed by atoms with Crippen LogP contribution in [-0.2, 0) is 4.74 Å². The van der Waals surface area contributed by atoms with Crippen molar-refractivity contribution in [1.82, 2.24) is 0 Å². The molecule has 1 fully saturated rings. The number of nitrogens with one attached hydrogen (secondary N) is 1. The van der Waals surface area contributed by atoms with Gasteiger partial charge in [0.05, 0.1) is 12.2 Å². The highest BCUT2D eigenvalue weighted by atomic mass is 16.5. The Bertz CT molecular complexity index is 570. The maximum atomic E-state index is 5.84. The van der Waals surface area contributed by atoms with Crippen molar-refractivity contribution in [3.8, 4) is 11.5 Å². The second-order valence-corrected chi connectivity index (χ2v) is 5.47. The minimum Gasteiger partial charge on any atom is -0.457 e. The Balaban J connectivity index is 1.58. The van der Waals surface area contributed by atoms with Crippen molar-refractivity contribution in [2.45, 2.75) is 32.0 Å². The number of rotatable bonds is 5. The van der Waals surface area contributed by atoms with Gasteiger partial charge in [-0.05, 0) is 44.0 Å². The molecule has 1 heterocycles. The Morgan fingerprint density at radius 3 is 2.62 bits per heavy atom. The molecule has 21 heavy (non-hydrogen) atoms. The summed E-state index contributed by atoms with van der Waals surface area (Å²) in [7, 11) is 0. The van der Waals surface area contributed by atoms with E-state index in [1.807, 2.05) is 48.5 Å². The second-order valence-electron chi connectivity index (χ2n) is 5.47. The van der Waals surface area contributed by atoms with Crippen LogP contribution in [0.5, 0.6) is 11.5 Å². The fraction of sp³-hybridized carbons (Fsp3) is 0.333. The van der Waals surface area contributed by atoms with Gasteiger partial charge in [-0.25, -0.2) is 0 Å². The van der Waals surface area contributed by atoms with Crippen LogP contribution in [0.2, 0.25) is 0 Å². The van der Waals surface area contributed by atoms with Crippen molar-refractivity contribution in [3.05, 3.63) is 54.6 Å². The van der Waals surface area contributed by atoms with Crippen LogP contribution in [0, 0.1) is 0 Å². The molecule has 0 spiro atoms. The molecule has 2 unspecified atom stereocenters. The van der Waals surface area contributed by atoms with Gasteiger partial charge in [-0.3, -0.25) is 0 Å². The highest BCUT2D eigenvalue weighted by molar-refractivity contribution is 5.49. The van der Waals surface area contributed by atoms with Gasteiger partial charge in [0.1, 0.15) is 11.5 Å². The standard InChI is InChI=1S/C18H21NO2/c1-14-10-11-18(20-14)13-19-15-6-5-9-17(12-15)21-16-7-3-2-4-8-16/h2-9,12,14,18-19H,10-11,13H2,1H3. The fourth-order valence-electron chi connectivity index (χ4n) is 2.56. The van der Waals surface area contributed by atoms with Crippen LogP contribution in [-0.4, -0.2) is 18.8 Å². The lowest BCUT2D eigenvalue weighted by Crippen LogP contribution is -2.19. The summed E-state index contributed by atoms with van der Waals surface area (Å²) < 4.78 is 11.7.